The van der Waals surface area contributed by atoms with Crippen molar-refractivity contribution in [1.29, 1.82) is 0 Å². The summed E-state index contributed by atoms with van der Waals surface area (Å²) >= 11 is 0. The number of ether oxygens (including phenoxy) is 1. The van der Waals surface area contributed by atoms with Crippen LogP contribution < -0.4 is 4.74 Å². The maximum absolute atomic E-state index is 14.4. The van der Waals surface area contributed by atoms with Crippen molar-refractivity contribution in [3.05, 3.63) is 53.8 Å². The van der Waals surface area contributed by atoms with Crippen LogP contribution in [0.2, 0.25) is 0 Å². The largest absolute Gasteiger partial charge is 0.494 e. The SMILES string of the molecule is COc1cccc(-c2ccc(C(=O)N3CCN(C(=O)C4CC4O)CC3)cc2)c1F. The van der Waals surface area contributed by atoms with E-state index in [1.54, 1.807) is 52.3 Å². The van der Waals surface area contributed by atoms with E-state index in [0.29, 0.717) is 49.3 Å². The van der Waals surface area contributed by atoms with Gasteiger partial charge in [0.15, 0.2) is 11.6 Å². The molecule has 0 radical (unpaired) electrons. The topological polar surface area (TPSA) is 70.1 Å². The number of rotatable bonds is 4. The lowest BCUT2D eigenvalue weighted by molar-refractivity contribution is -0.134. The van der Waals surface area contributed by atoms with Crippen molar-refractivity contribution >= 4 is 11.8 Å². The number of amides is 2. The fraction of sp³-hybridized carbons (Fsp3) is 0.364. The molecule has 7 heteroatoms. The van der Waals surface area contributed by atoms with E-state index in [0.717, 1.165) is 0 Å². The molecule has 0 bridgehead atoms. The molecule has 152 valence electrons. The molecule has 2 aliphatic rings. The Balaban J connectivity index is 1.41. The summed E-state index contributed by atoms with van der Waals surface area (Å²) in [7, 11) is 1.42. The number of carbonyl (C=O) groups is 2. The van der Waals surface area contributed by atoms with Gasteiger partial charge in [-0.2, -0.15) is 0 Å². The predicted molar refractivity (Wildman–Crippen MR) is 105 cm³/mol. The number of piperazine rings is 1. The number of hydrogen-bond donors (Lipinski definition) is 1. The molecule has 1 saturated heterocycles. The predicted octanol–water partition coefficient (Wildman–Crippen LogP) is 2.17. The van der Waals surface area contributed by atoms with Gasteiger partial charge in [-0.3, -0.25) is 9.59 Å². The summed E-state index contributed by atoms with van der Waals surface area (Å²) < 4.78 is 19.5. The Morgan fingerprint density at radius 3 is 2.24 bits per heavy atom. The van der Waals surface area contributed by atoms with Crippen molar-refractivity contribution in [1.82, 2.24) is 9.80 Å². The Kier molecular flexibility index (Phi) is 5.24. The van der Waals surface area contributed by atoms with Crippen molar-refractivity contribution < 1.29 is 23.8 Å². The molecule has 0 spiro atoms. The third-order valence-electron chi connectivity index (χ3n) is 5.58. The number of carbonyl (C=O) groups excluding carboxylic acids is 2. The minimum absolute atomic E-state index is 0.0192. The summed E-state index contributed by atoms with van der Waals surface area (Å²) in [4.78, 5) is 28.4. The number of nitrogens with zero attached hydrogens (tertiary/aromatic N) is 2. The summed E-state index contributed by atoms with van der Waals surface area (Å²) in [5.74, 6) is -0.651. The van der Waals surface area contributed by atoms with Crippen molar-refractivity contribution in [2.75, 3.05) is 33.3 Å². The van der Waals surface area contributed by atoms with Gasteiger partial charge in [0, 0.05) is 37.3 Å². The van der Waals surface area contributed by atoms with E-state index >= 15 is 0 Å². The molecule has 29 heavy (non-hydrogen) atoms. The van der Waals surface area contributed by atoms with E-state index in [-0.39, 0.29) is 23.5 Å². The second-order valence-corrected chi connectivity index (χ2v) is 7.43. The molecule has 6 nitrogen and oxygen atoms in total. The normalized spacial score (nSPS) is 21.1. The van der Waals surface area contributed by atoms with Gasteiger partial charge >= 0.3 is 0 Å². The molecule has 2 fully saturated rings. The van der Waals surface area contributed by atoms with Crippen LogP contribution in [0, 0.1) is 11.7 Å². The van der Waals surface area contributed by atoms with E-state index in [2.05, 4.69) is 0 Å². The minimum atomic E-state index is -0.505. The second-order valence-electron chi connectivity index (χ2n) is 7.43. The molecular formula is C22H23FN2O4. The maximum atomic E-state index is 14.4. The smallest absolute Gasteiger partial charge is 0.253 e. The minimum Gasteiger partial charge on any atom is -0.494 e. The van der Waals surface area contributed by atoms with Gasteiger partial charge < -0.3 is 19.6 Å². The van der Waals surface area contributed by atoms with Gasteiger partial charge in [0.2, 0.25) is 5.91 Å². The van der Waals surface area contributed by atoms with Gasteiger partial charge in [0.05, 0.1) is 19.1 Å². The molecule has 1 N–H and O–H groups in total. The lowest BCUT2D eigenvalue weighted by Crippen LogP contribution is -2.51. The second kappa shape index (κ2) is 7.83. The molecule has 1 saturated carbocycles. The molecule has 4 rings (SSSR count). The lowest BCUT2D eigenvalue weighted by Gasteiger charge is -2.35. The van der Waals surface area contributed by atoms with E-state index in [9.17, 15) is 19.1 Å². The molecule has 1 aliphatic carbocycles. The van der Waals surface area contributed by atoms with Gasteiger partial charge in [-0.25, -0.2) is 4.39 Å². The third kappa shape index (κ3) is 3.82. The van der Waals surface area contributed by atoms with Gasteiger partial charge in [-0.15, -0.1) is 0 Å². The van der Waals surface area contributed by atoms with Crippen LogP contribution in [0.1, 0.15) is 16.8 Å². The summed E-state index contributed by atoms with van der Waals surface area (Å²) in [6.45, 7) is 1.86. The van der Waals surface area contributed by atoms with Gasteiger partial charge in [0.1, 0.15) is 0 Å². The van der Waals surface area contributed by atoms with E-state index in [1.807, 2.05) is 0 Å². The van der Waals surface area contributed by atoms with E-state index < -0.39 is 11.9 Å². The number of halogens is 1. The Bertz CT molecular complexity index is 923. The van der Waals surface area contributed by atoms with Crippen LogP contribution in [0.25, 0.3) is 11.1 Å². The average Bonchev–Trinajstić information content (AvgIpc) is 3.49. The summed E-state index contributed by atoms with van der Waals surface area (Å²) in [5.41, 5.74) is 1.60. The lowest BCUT2D eigenvalue weighted by atomic mass is 10.0. The molecule has 2 unspecified atom stereocenters. The Morgan fingerprint density at radius 2 is 1.66 bits per heavy atom. The number of aliphatic hydroxyl groups excluding tert-OH is 1. The highest BCUT2D eigenvalue weighted by Crippen LogP contribution is 2.32. The Labute approximate surface area is 168 Å². The Morgan fingerprint density at radius 1 is 1.03 bits per heavy atom. The zero-order chi connectivity index (χ0) is 20.5. The van der Waals surface area contributed by atoms with Crippen molar-refractivity contribution in [2.24, 2.45) is 5.92 Å². The maximum Gasteiger partial charge on any atom is 0.253 e. The van der Waals surface area contributed by atoms with Crippen LogP contribution in [-0.2, 0) is 4.79 Å². The number of methoxy groups -OCH3 is 1. The van der Waals surface area contributed by atoms with E-state index in [4.69, 9.17) is 4.74 Å². The van der Waals surface area contributed by atoms with Crippen LogP contribution >= 0.6 is 0 Å². The van der Waals surface area contributed by atoms with Crippen molar-refractivity contribution in [2.45, 2.75) is 12.5 Å². The molecule has 2 amide bonds. The highest BCUT2D eigenvalue weighted by molar-refractivity contribution is 5.95. The van der Waals surface area contributed by atoms with Crippen LogP contribution in [0.15, 0.2) is 42.5 Å². The highest BCUT2D eigenvalue weighted by Gasteiger charge is 2.44. The molecule has 2 aromatic rings. The third-order valence-corrected chi connectivity index (χ3v) is 5.58. The monoisotopic (exact) mass is 398 g/mol. The number of benzene rings is 2. The zero-order valence-corrected chi connectivity index (χ0v) is 16.2. The first-order valence-corrected chi connectivity index (χ1v) is 9.68. The van der Waals surface area contributed by atoms with Crippen LogP contribution in [0.5, 0.6) is 5.75 Å². The fourth-order valence-electron chi connectivity index (χ4n) is 3.68. The van der Waals surface area contributed by atoms with Crippen molar-refractivity contribution in [3.63, 3.8) is 0 Å². The summed E-state index contributed by atoms with van der Waals surface area (Å²) in [6, 6.07) is 11.8. The molecule has 1 aliphatic heterocycles. The quantitative estimate of drug-likeness (QED) is 0.857. The van der Waals surface area contributed by atoms with Gasteiger partial charge in [0.25, 0.3) is 5.91 Å². The van der Waals surface area contributed by atoms with Gasteiger partial charge in [-0.05, 0) is 30.2 Å². The van der Waals surface area contributed by atoms with Crippen molar-refractivity contribution in [3.8, 4) is 16.9 Å². The zero-order valence-electron chi connectivity index (χ0n) is 16.2. The summed E-state index contributed by atoms with van der Waals surface area (Å²) in [6.07, 6.45) is 0.0353. The van der Waals surface area contributed by atoms with E-state index in [1.165, 1.54) is 7.11 Å². The number of hydrogen-bond acceptors (Lipinski definition) is 4. The first kappa shape index (κ1) is 19.4. The van der Waals surface area contributed by atoms with Crippen LogP contribution in [-0.4, -0.2) is 66.1 Å². The van der Waals surface area contributed by atoms with Crippen LogP contribution in [0.4, 0.5) is 4.39 Å². The Hall–Kier alpha value is -2.93. The van der Waals surface area contributed by atoms with Gasteiger partial charge in [-0.1, -0.05) is 24.3 Å². The molecule has 2 aromatic carbocycles. The average molecular weight is 398 g/mol. The van der Waals surface area contributed by atoms with Crippen LogP contribution in [0.3, 0.4) is 0 Å². The standard InChI is InChI=1S/C22H23FN2O4/c1-29-19-4-2-3-16(20(19)23)14-5-7-15(8-6-14)21(27)24-9-11-25(12-10-24)22(28)17-13-18(17)26/h2-8,17-18,26H,9-13H2,1H3. The summed E-state index contributed by atoms with van der Waals surface area (Å²) in [5, 5.41) is 9.43. The number of aliphatic hydroxyl groups is 1. The first-order chi connectivity index (χ1) is 14.0. The molecule has 0 aromatic heterocycles. The molecular weight excluding hydrogens is 375 g/mol. The fourth-order valence-corrected chi connectivity index (χ4v) is 3.68. The molecule has 2 atom stereocenters. The molecule has 1 heterocycles. The highest BCUT2D eigenvalue weighted by atomic mass is 19.1. The first-order valence-electron chi connectivity index (χ1n) is 9.68.